The Kier molecular flexibility index (Phi) is 3.95. The van der Waals surface area contributed by atoms with Crippen LogP contribution in [-0.2, 0) is 0 Å². The maximum atomic E-state index is 5.80. The summed E-state index contributed by atoms with van der Waals surface area (Å²) in [5.41, 5.74) is 7.41. The number of methoxy groups -OCH3 is 1. The predicted octanol–water partition coefficient (Wildman–Crippen LogP) is 3.36. The Labute approximate surface area is 121 Å². The summed E-state index contributed by atoms with van der Waals surface area (Å²) in [5, 5.41) is 0. The Hall–Kier alpha value is -2.07. The Morgan fingerprint density at radius 1 is 1.10 bits per heavy atom. The van der Waals surface area contributed by atoms with Crippen molar-refractivity contribution >= 4 is 32.5 Å². The summed E-state index contributed by atoms with van der Waals surface area (Å²) in [7, 11) is 1.99. The number of nitrogens with zero attached hydrogens (tertiary/aromatic N) is 1. The highest BCUT2D eigenvalue weighted by Crippen LogP contribution is 2.42. The van der Waals surface area contributed by atoms with Crippen LogP contribution in [0.15, 0.2) is 53.4 Å². The van der Waals surface area contributed by atoms with Gasteiger partial charge in [0.25, 0.3) is 0 Å². The van der Waals surface area contributed by atoms with E-state index in [1.165, 1.54) is 0 Å². The Balaban J connectivity index is 2.49. The van der Waals surface area contributed by atoms with Crippen molar-refractivity contribution in [2.45, 2.75) is 4.90 Å². The van der Waals surface area contributed by atoms with Gasteiger partial charge in [-0.15, -0.1) is 9.39 Å². The van der Waals surface area contributed by atoms with Gasteiger partial charge >= 0.3 is 0 Å². The average Bonchev–Trinajstić information content (AvgIpc) is 2.47. The van der Waals surface area contributed by atoms with Crippen LogP contribution in [0.4, 0.5) is 11.4 Å². The molecule has 0 spiro atoms. The molecule has 0 aliphatic heterocycles. The molecule has 3 nitrogen and oxygen atoms in total. The van der Waals surface area contributed by atoms with Gasteiger partial charge in [0.2, 0.25) is 0 Å². The minimum Gasteiger partial charge on any atom is -0.494 e. The van der Waals surface area contributed by atoms with E-state index in [9.17, 15) is 0 Å². The zero-order chi connectivity index (χ0) is 14.8. The summed E-state index contributed by atoms with van der Waals surface area (Å²) in [5.74, 6) is 9.38. The first-order valence-corrected chi connectivity index (χ1v) is 8.11. The lowest BCUT2D eigenvalue weighted by atomic mass is 10.2. The van der Waals surface area contributed by atoms with Crippen molar-refractivity contribution in [1.29, 1.82) is 0 Å². The monoisotopic (exact) mass is 288 g/mol. The summed E-state index contributed by atoms with van der Waals surface area (Å²) in [6.07, 6.45) is 0. The molecular formula is C16H20N2OS. The highest BCUT2D eigenvalue weighted by Gasteiger charge is 2.14. The van der Waals surface area contributed by atoms with E-state index in [-0.39, 0.29) is 0 Å². The van der Waals surface area contributed by atoms with Crippen LogP contribution in [0.2, 0.25) is 0 Å². The van der Waals surface area contributed by atoms with Crippen molar-refractivity contribution in [2.24, 2.45) is 0 Å². The van der Waals surface area contributed by atoms with Crippen molar-refractivity contribution in [3.63, 3.8) is 0 Å². The molecule has 106 valence electrons. The molecular weight excluding hydrogens is 268 g/mol. The minimum absolute atomic E-state index is 0.674. The molecule has 0 atom stereocenters. The summed E-state index contributed by atoms with van der Waals surface area (Å²) in [4.78, 5) is 1.11. The molecule has 0 unspecified atom stereocenters. The highest BCUT2D eigenvalue weighted by molar-refractivity contribution is 8.28. The average molecular weight is 288 g/mol. The van der Waals surface area contributed by atoms with Gasteiger partial charge in [-0.2, -0.15) is 0 Å². The summed E-state index contributed by atoms with van der Waals surface area (Å²) in [6, 6.07) is 15.7. The molecule has 0 bridgehead atoms. The SMILES string of the molecule is C=S(=C)(c1ccccc1)N(C)c1ccc(N)cc1OC. The second-order valence-electron chi connectivity index (χ2n) is 4.58. The lowest BCUT2D eigenvalue weighted by molar-refractivity contribution is 0.416. The molecule has 0 heterocycles. The number of ether oxygens (including phenoxy) is 1. The van der Waals surface area contributed by atoms with Crippen molar-refractivity contribution in [3.05, 3.63) is 48.5 Å². The van der Waals surface area contributed by atoms with Crippen LogP contribution >= 0.6 is 9.39 Å². The van der Waals surface area contributed by atoms with Gasteiger partial charge in [0.1, 0.15) is 5.75 Å². The third-order valence-corrected chi connectivity index (χ3v) is 5.64. The number of hydrogen-bond donors (Lipinski definition) is 1. The van der Waals surface area contributed by atoms with Gasteiger partial charge in [-0.05, 0) is 24.3 Å². The summed E-state index contributed by atoms with van der Waals surface area (Å²) < 4.78 is 7.48. The Bertz CT molecular complexity index is 694. The van der Waals surface area contributed by atoms with Crippen LogP contribution in [0.5, 0.6) is 5.75 Å². The molecule has 0 aliphatic rings. The van der Waals surface area contributed by atoms with E-state index < -0.39 is 9.39 Å². The highest BCUT2D eigenvalue weighted by atomic mass is 32.2. The standard InChI is InChI=1S/C16H20N2OS/c1-18(15-11-10-13(17)12-16(15)19-2)20(3,4)14-8-6-5-7-9-14/h5-12H,3-4,17H2,1-2H3. The van der Waals surface area contributed by atoms with Gasteiger partial charge in [0, 0.05) is 23.7 Å². The topological polar surface area (TPSA) is 38.5 Å². The predicted molar refractivity (Wildman–Crippen MR) is 92.4 cm³/mol. The molecule has 2 aromatic carbocycles. The molecule has 0 aromatic heterocycles. The Morgan fingerprint density at radius 2 is 1.75 bits per heavy atom. The molecule has 2 aromatic rings. The second-order valence-corrected chi connectivity index (χ2v) is 7.29. The van der Waals surface area contributed by atoms with E-state index in [1.54, 1.807) is 7.11 Å². The molecule has 20 heavy (non-hydrogen) atoms. The van der Waals surface area contributed by atoms with Crippen LogP contribution in [0.3, 0.4) is 0 Å². The van der Waals surface area contributed by atoms with Crippen LogP contribution in [-0.4, -0.2) is 25.9 Å². The van der Waals surface area contributed by atoms with E-state index in [0.29, 0.717) is 5.69 Å². The lowest BCUT2D eigenvalue weighted by Crippen LogP contribution is -2.14. The molecule has 0 amide bonds. The van der Waals surface area contributed by atoms with Crippen LogP contribution in [0.1, 0.15) is 0 Å². The molecule has 2 N–H and O–H groups in total. The lowest BCUT2D eigenvalue weighted by Gasteiger charge is -2.30. The summed E-state index contributed by atoms with van der Waals surface area (Å²) >= 11 is 0. The fourth-order valence-electron chi connectivity index (χ4n) is 1.97. The van der Waals surface area contributed by atoms with Crippen molar-refractivity contribution in [3.8, 4) is 5.75 Å². The molecule has 0 aliphatic carbocycles. The third-order valence-electron chi connectivity index (χ3n) is 3.25. The third kappa shape index (κ3) is 2.60. The molecule has 2 rings (SSSR count). The first-order valence-electron chi connectivity index (χ1n) is 6.18. The number of benzene rings is 2. The van der Waals surface area contributed by atoms with Crippen LogP contribution < -0.4 is 14.8 Å². The van der Waals surface area contributed by atoms with E-state index in [2.05, 4.69) is 28.2 Å². The second kappa shape index (κ2) is 5.51. The zero-order valence-electron chi connectivity index (χ0n) is 11.9. The number of anilines is 2. The van der Waals surface area contributed by atoms with E-state index in [0.717, 1.165) is 16.3 Å². The van der Waals surface area contributed by atoms with Gasteiger partial charge in [-0.3, -0.25) is 0 Å². The first kappa shape index (κ1) is 14.3. The van der Waals surface area contributed by atoms with Crippen LogP contribution in [0, 0.1) is 0 Å². The normalized spacial score (nSPS) is 11.1. The van der Waals surface area contributed by atoms with E-state index in [4.69, 9.17) is 10.5 Å². The van der Waals surface area contributed by atoms with Gasteiger partial charge in [0.15, 0.2) is 0 Å². The van der Waals surface area contributed by atoms with E-state index in [1.807, 2.05) is 43.4 Å². The van der Waals surface area contributed by atoms with Gasteiger partial charge < -0.3 is 14.8 Å². The zero-order valence-corrected chi connectivity index (χ0v) is 12.7. The molecule has 4 heteroatoms. The number of nitrogens with two attached hydrogens (primary N) is 1. The quantitative estimate of drug-likeness (QED) is 0.692. The smallest absolute Gasteiger partial charge is 0.145 e. The number of rotatable bonds is 4. The summed E-state index contributed by atoms with van der Waals surface area (Å²) in [6.45, 7) is 0. The molecule has 0 fully saturated rings. The molecule has 0 radical (unpaired) electrons. The van der Waals surface area contributed by atoms with E-state index >= 15 is 0 Å². The first-order chi connectivity index (χ1) is 9.46. The maximum absolute atomic E-state index is 5.80. The largest absolute Gasteiger partial charge is 0.494 e. The molecule has 0 saturated heterocycles. The fraction of sp³-hybridized carbons (Fsp3) is 0.125. The fourth-order valence-corrected chi connectivity index (χ4v) is 3.48. The van der Waals surface area contributed by atoms with Crippen molar-refractivity contribution in [2.75, 3.05) is 24.2 Å². The Morgan fingerprint density at radius 3 is 2.35 bits per heavy atom. The maximum Gasteiger partial charge on any atom is 0.145 e. The minimum atomic E-state index is -1.62. The number of nitrogen functional groups attached to an aromatic ring is 1. The molecule has 0 saturated carbocycles. The van der Waals surface area contributed by atoms with Crippen LogP contribution in [0.25, 0.3) is 0 Å². The van der Waals surface area contributed by atoms with Gasteiger partial charge in [-0.1, -0.05) is 29.9 Å². The van der Waals surface area contributed by atoms with Gasteiger partial charge in [0.05, 0.1) is 12.8 Å². The number of hydrogen-bond acceptors (Lipinski definition) is 3. The van der Waals surface area contributed by atoms with Crippen molar-refractivity contribution in [1.82, 2.24) is 0 Å². The van der Waals surface area contributed by atoms with Gasteiger partial charge in [-0.25, -0.2) is 0 Å². The van der Waals surface area contributed by atoms with Crippen molar-refractivity contribution < 1.29 is 4.74 Å².